The van der Waals surface area contributed by atoms with Crippen molar-refractivity contribution in [1.29, 1.82) is 0 Å². The number of carbonyl (C=O) groups is 2. The van der Waals surface area contributed by atoms with Crippen molar-refractivity contribution in [2.24, 2.45) is 23.7 Å². The third kappa shape index (κ3) is 6.49. The number of carboxylic acid groups (broad SMARTS) is 1. The summed E-state index contributed by atoms with van der Waals surface area (Å²) in [5.74, 6) is -4.71. The number of ether oxygens (including phenoxy) is 1. The highest BCUT2D eigenvalue weighted by Gasteiger charge is 2.62. The number of anilines is 1. The monoisotopic (exact) mass is 780 g/mol. The minimum Gasteiger partial charge on any atom is -0.479 e. The Morgan fingerprint density at radius 3 is 2.18 bits per heavy atom. The van der Waals surface area contributed by atoms with Gasteiger partial charge in [-0.1, -0.05) is 0 Å². The van der Waals surface area contributed by atoms with Gasteiger partial charge >= 0.3 is 12.1 Å². The predicted octanol–water partition coefficient (Wildman–Crippen LogP) is 7.11. The number of pyridine rings is 1. The molecule has 4 bridgehead atoms. The van der Waals surface area contributed by atoms with E-state index in [1.165, 1.54) is 6.20 Å². The fraction of sp³-hybridized carbons (Fsp3) is 0.564. The molecule has 2 N–H and O–H groups in total. The first-order valence-electron chi connectivity index (χ1n) is 19.4. The van der Waals surface area contributed by atoms with Crippen molar-refractivity contribution in [2.75, 3.05) is 18.0 Å². The molecule has 1 aliphatic heterocycles. The van der Waals surface area contributed by atoms with Crippen molar-refractivity contribution in [3.05, 3.63) is 54.2 Å². The summed E-state index contributed by atoms with van der Waals surface area (Å²) in [6.45, 7) is 1.31. The Morgan fingerprint density at radius 1 is 0.893 bits per heavy atom. The van der Waals surface area contributed by atoms with Crippen LogP contribution in [-0.4, -0.2) is 77.1 Å². The number of nitrogens with zero attached hydrogens (tertiary/aromatic N) is 7. The quantitative estimate of drug-likeness (QED) is 0.177. The zero-order chi connectivity index (χ0) is 39.0. The van der Waals surface area contributed by atoms with Gasteiger partial charge in [-0.2, -0.15) is 18.2 Å². The molecule has 5 aliphatic carbocycles. The van der Waals surface area contributed by atoms with Crippen LogP contribution >= 0.6 is 0 Å². The Labute approximate surface area is 318 Å². The predicted molar refractivity (Wildman–Crippen MR) is 191 cm³/mol. The van der Waals surface area contributed by atoms with Gasteiger partial charge in [0, 0.05) is 86.6 Å². The van der Waals surface area contributed by atoms with Crippen molar-refractivity contribution in [3.63, 3.8) is 0 Å². The number of amides is 1. The fourth-order valence-electron chi connectivity index (χ4n) is 10.4. The Balaban J connectivity index is 1.03. The lowest BCUT2D eigenvalue weighted by atomic mass is 9.48. The Morgan fingerprint density at radius 2 is 1.55 bits per heavy atom. The molecule has 296 valence electrons. The third-order valence-electron chi connectivity index (χ3n) is 12.9. The van der Waals surface area contributed by atoms with Gasteiger partial charge in [0.2, 0.25) is 17.8 Å². The van der Waals surface area contributed by atoms with Crippen molar-refractivity contribution in [2.45, 2.75) is 100 Å². The maximum absolute atomic E-state index is 14.8. The summed E-state index contributed by atoms with van der Waals surface area (Å²) in [5, 5.41) is 13.4. The van der Waals surface area contributed by atoms with Gasteiger partial charge in [-0.05, 0) is 80.8 Å². The Hall–Kier alpha value is -4.96. The molecule has 0 atom stereocenters. The van der Waals surface area contributed by atoms with Crippen molar-refractivity contribution >= 4 is 28.9 Å². The van der Waals surface area contributed by atoms with Crippen molar-refractivity contribution < 1.29 is 41.4 Å². The second-order valence-corrected chi connectivity index (χ2v) is 16.3. The lowest BCUT2D eigenvalue weighted by molar-refractivity contribution is -0.163. The van der Waals surface area contributed by atoms with Crippen LogP contribution in [0, 0.1) is 23.7 Å². The zero-order valence-electron chi connectivity index (χ0n) is 30.4. The number of piperidine rings is 1. The van der Waals surface area contributed by atoms with Gasteiger partial charge in [0.1, 0.15) is 17.3 Å². The number of carboxylic acids is 1. The molecular weight excluding hydrogens is 739 g/mol. The molecule has 6 fully saturated rings. The summed E-state index contributed by atoms with van der Waals surface area (Å²) in [7, 11) is 0. The molecule has 4 aromatic rings. The highest BCUT2D eigenvalue weighted by molar-refractivity contribution is 5.99. The lowest BCUT2D eigenvalue weighted by Crippen LogP contribution is -2.70. The van der Waals surface area contributed by atoms with Gasteiger partial charge in [-0.3, -0.25) is 4.79 Å². The molecule has 10 rings (SSSR count). The highest BCUT2D eigenvalue weighted by Crippen LogP contribution is 2.58. The van der Waals surface area contributed by atoms with Crippen molar-refractivity contribution in [3.8, 4) is 17.3 Å². The number of halogens is 5. The third-order valence-corrected chi connectivity index (χ3v) is 12.9. The number of carbonyl (C=O) groups excluding carboxylic acids is 1. The van der Waals surface area contributed by atoms with E-state index in [0.29, 0.717) is 80.4 Å². The van der Waals surface area contributed by atoms with E-state index in [-0.39, 0.29) is 60.9 Å². The molecule has 6 aliphatic rings. The SMILES string of the molecule is O=C(NC1(C(=O)O)C2CC3CC(C2)CC1C3)c1cnc(-c2cn(C3CCC(F)(F)CC3)c3nc(OC4CCN(c5ncccn5)CC4)ccc23)nc1C(F)(F)F. The second kappa shape index (κ2) is 13.6. The summed E-state index contributed by atoms with van der Waals surface area (Å²) in [6.07, 6.45) is 4.69. The molecule has 0 radical (unpaired) electrons. The summed E-state index contributed by atoms with van der Waals surface area (Å²) >= 11 is 0. The molecule has 1 saturated heterocycles. The van der Waals surface area contributed by atoms with E-state index in [0.717, 1.165) is 12.6 Å². The van der Waals surface area contributed by atoms with E-state index in [9.17, 15) is 36.6 Å². The first-order valence-corrected chi connectivity index (χ1v) is 19.4. The van der Waals surface area contributed by atoms with Crippen LogP contribution in [0.2, 0.25) is 0 Å². The number of alkyl halides is 5. The maximum Gasteiger partial charge on any atom is 0.434 e. The zero-order valence-corrected chi connectivity index (χ0v) is 30.4. The normalized spacial score (nSPS) is 27.8. The average Bonchev–Trinajstić information content (AvgIpc) is 3.54. The summed E-state index contributed by atoms with van der Waals surface area (Å²) < 4.78 is 80.9. The van der Waals surface area contributed by atoms with E-state index < -0.39 is 46.8 Å². The van der Waals surface area contributed by atoms with Gasteiger partial charge in [-0.25, -0.2) is 33.5 Å². The van der Waals surface area contributed by atoms with Crippen LogP contribution < -0.4 is 15.0 Å². The average molecular weight is 781 g/mol. The van der Waals surface area contributed by atoms with Crippen LogP contribution in [0.15, 0.2) is 43.0 Å². The van der Waals surface area contributed by atoms with Gasteiger partial charge in [0.15, 0.2) is 11.5 Å². The smallest absolute Gasteiger partial charge is 0.434 e. The summed E-state index contributed by atoms with van der Waals surface area (Å²) in [4.78, 5) is 50.3. The molecule has 5 saturated carbocycles. The summed E-state index contributed by atoms with van der Waals surface area (Å²) in [5.41, 5.74) is -3.54. The number of rotatable bonds is 8. The number of fused-ring (bicyclic) bond motifs is 1. The van der Waals surface area contributed by atoms with Gasteiger partial charge < -0.3 is 24.6 Å². The largest absolute Gasteiger partial charge is 0.479 e. The summed E-state index contributed by atoms with van der Waals surface area (Å²) in [6, 6.07) is 4.58. The maximum atomic E-state index is 14.8. The van der Waals surface area contributed by atoms with Crippen molar-refractivity contribution in [1.82, 2.24) is 34.8 Å². The Bertz CT molecular complexity index is 2120. The molecule has 56 heavy (non-hydrogen) atoms. The molecule has 17 heteroatoms. The molecular formula is C39H41F5N8O4. The van der Waals surface area contributed by atoms with E-state index in [1.807, 2.05) is 0 Å². The molecule has 5 heterocycles. The van der Waals surface area contributed by atoms with Crippen LogP contribution in [0.5, 0.6) is 5.88 Å². The van der Waals surface area contributed by atoms with E-state index >= 15 is 0 Å². The molecule has 0 aromatic carbocycles. The van der Waals surface area contributed by atoms with Crippen LogP contribution in [0.4, 0.5) is 27.9 Å². The second-order valence-electron chi connectivity index (χ2n) is 16.3. The topological polar surface area (TPSA) is 148 Å². The molecule has 0 unspecified atom stereocenters. The van der Waals surface area contributed by atoms with Crippen LogP contribution in [0.1, 0.15) is 92.7 Å². The van der Waals surface area contributed by atoms with Crippen LogP contribution in [0.3, 0.4) is 0 Å². The standard InChI is InChI=1S/C39H41F5N8O4/c40-37(41)8-4-25(5-9-37)52-20-29(27-2-3-30(48-33(27)52)56-26-6-12-51(13-7-26)36-45-10-1-11-46-36)32-47-19-28(31(49-32)39(42,43)44)34(53)50-38(35(54)55)23-15-21-14-22(17-23)18-24(38)16-21/h1-3,10-11,19-26H,4-9,12-18H2,(H,50,53)(H,54,55). The minimum absolute atomic E-state index is 0.117. The first kappa shape index (κ1) is 36.7. The lowest BCUT2D eigenvalue weighted by Gasteiger charge is -2.59. The molecule has 0 spiro atoms. The Kier molecular flexibility index (Phi) is 8.91. The van der Waals surface area contributed by atoms with Gasteiger partial charge in [0.05, 0.1) is 5.56 Å². The van der Waals surface area contributed by atoms with E-state index in [2.05, 4.69) is 30.2 Å². The van der Waals surface area contributed by atoms with Crippen LogP contribution in [-0.2, 0) is 11.0 Å². The number of aliphatic carboxylic acids is 1. The van der Waals surface area contributed by atoms with Gasteiger partial charge in [0.25, 0.3) is 5.91 Å². The van der Waals surface area contributed by atoms with E-state index in [4.69, 9.17) is 9.72 Å². The number of hydrogen-bond donors (Lipinski definition) is 2. The van der Waals surface area contributed by atoms with Gasteiger partial charge in [-0.15, -0.1) is 0 Å². The molecule has 1 amide bonds. The minimum atomic E-state index is -5.10. The fourth-order valence-corrected chi connectivity index (χ4v) is 10.4. The first-order chi connectivity index (χ1) is 26.8. The molecule has 4 aromatic heterocycles. The van der Waals surface area contributed by atoms with E-state index in [1.54, 1.807) is 35.2 Å². The number of hydrogen-bond acceptors (Lipinski definition) is 9. The number of aromatic nitrogens is 6. The van der Waals surface area contributed by atoms with Crippen LogP contribution in [0.25, 0.3) is 22.4 Å². The number of nitrogens with one attached hydrogen (secondary N) is 1. The molecule has 12 nitrogen and oxygen atoms in total. The highest BCUT2D eigenvalue weighted by atomic mass is 19.4.